The molecule has 4 heteroatoms. The largest absolute Gasteiger partial charge is 0.461 e. The van der Waals surface area contributed by atoms with Crippen molar-refractivity contribution in [1.29, 1.82) is 0 Å². The molecule has 0 heterocycles. The molecule has 2 nitrogen and oxygen atoms in total. The van der Waals surface area contributed by atoms with Gasteiger partial charge in [0.05, 0.1) is 6.61 Å². The van der Waals surface area contributed by atoms with Crippen LogP contribution in [0.3, 0.4) is 0 Å². The Hall–Kier alpha value is -2.23. The van der Waals surface area contributed by atoms with E-state index in [9.17, 15) is 13.6 Å². The summed E-state index contributed by atoms with van der Waals surface area (Å²) in [6.07, 6.45) is 0. The van der Waals surface area contributed by atoms with E-state index in [0.29, 0.717) is 5.56 Å². The van der Waals surface area contributed by atoms with Crippen molar-refractivity contribution in [1.82, 2.24) is 0 Å². The summed E-state index contributed by atoms with van der Waals surface area (Å²) >= 11 is 0. The van der Waals surface area contributed by atoms with Gasteiger partial charge in [-0.1, -0.05) is 48.5 Å². The second-order valence-electron chi connectivity index (χ2n) is 4.24. The van der Waals surface area contributed by atoms with E-state index >= 15 is 0 Å². The van der Waals surface area contributed by atoms with Crippen LogP contribution in [-0.4, -0.2) is 12.6 Å². The molecule has 20 heavy (non-hydrogen) atoms. The smallest absolute Gasteiger partial charge is 0.381 e. The van der Waals surface area contributed by atoms with E-state index in [1.165, 1.54) is 25.1 Å². The van der Waals surface area contributed by atoms with Crippen LogP contribution in [0.1, 0.15) is 12.5 Å². The number of halogens is 2. The number of alkyl halides is 2. The molecule has 0 fully saturated rings. The Morgan fingerprint density at radius 2 is 1.70 bits per heavy atom. The fourth-order valence-electron chi connectivity index (χ4n) is 1.86. The highest BCUT2D eigenvalue weighted by molar-refractivity contribution is 5.80. The van der Waals surface area contributed by atoms with Gasteiger partial charge in [0.15, 0.2) is 0 Å². The summed E-state index contributed by atoms with van der Waals surface area (Å²) in [5.41, 5.74) is 1.08. The Morgan fingerprint density at radius 1 is 1.05 bits per heavy atom. The molecule has 0 bridgehead atoms. The number of hydrogen-bond donors (Lipinski definition) is 0. The summed E-state index contributed by atoms with van der Waals surface area (Å²) in [7, 11) is 0. The molecule has 104 valence electrons. The Kier molecular flexibility index (Phi) is 4.13. The van der Waals surface area contributed by atoms with Crippen LogP contribution in [0.25, 0.3) is 11.1 Å². The molecular formula is C16H14F2O2. The van der Waals surface area contributed by atoms with E-state index in [-0.39, 0.29) is 12.2 Å². The van der Waals surface area contributed by atoms with Crippen LogP contribution in [0, 0.1) is 0 Å². The minimum Gasteiger partial charge on any atom is -0.461 e. The van der Waals surface area contributed by atoms with Crippen molar-refractivity contribution in [2.24, 2.45) is 0 Å². The van der Waals surface area contributed by atoms with E-state index in [1.54, 1.807) is 6.07 Å². The van der Waals surface area contributed by atoms with E-state index < -0.39 is 11.9 Å². The summed E-state index contributed by atoms with van der Waals surface area (Å²) in [6, 6.07) is 14.9. The highest BCUT2D eigenvalue weighted by Gasteiger charge is 2.42. The molecule has 2 rings (SSSR count). The molecule has 0 amide bonds. The zero-order valence-corrected chi connectivity index (χ0v) is 11.0. The molecule has 2 aromatic carbocycles. The summed E-state index contributed by atoms with van der Waals surface area (Å²) in [5, 5.41) is 0. The van der Waals surface area contributed by atoms with Gasteiger partial charge in [0.2, 0.25) is 0 Å². The van der Waals surface area contributed by atoms with Crippen LogP contribution >= 0.6 is 0 Å². The van der Waals surface area contributed by atoms with Gasteiger partial charge in [0.25, 0.3) is 0 Å². The minimum absolute atomic E-state index is 0.0766. The van der Waals surface area contributed by atoms with Crippen LogP contribution in [0.4, 0.5) is 8.78 Å². The summed E-state index contributed by atoms with van der Waals surface area (Å²) in [6.45, 7) is 1.42. The first-order chi connectivity index (χ1) is 9.55. The van der Waals surface area contributed by atoms with Crippen molar-refractivity contribution in [3.63, 3.8) is 0 Å². The van der Waals surface area contributed by atoms with Crippen LogP contribution in [0.15, 0.2) is 54.6 Å². The predicted molar refractivity (Wildman–Crippen MR) is 72.4 cm³/mol. The lowest BCUT2D eigenvalue weighted by atomic mass is 10.0. The number of esters is 1. The van der Waals surface area contributed by atoms with Gasteiger partial charge in [-0.05, 0) is 24.1 Å². The minimum atomic E-state index is -3.64. The molecular weight excluding hydrogens is 262 g/mol. The number of carbonyl (C=O) groups is 1. The van der Waals surface area contributed by atoms with E-state index in [1.807, 2.05) is 30.3 Å². The third-order valence-corrected chi connectivity index (χ3v) is 2.86. The fourth-order valence-corrected chi connectivity index (χ4v) is 1.86. The lowest BCUT2D eigenvalue weighted by molar-refractivity contribution is -0.173. The van der Waals surface area contributed by atoms with Gasteiger partial charge in [0, 0.05) is 5.56 Å². The molecule has 2 aromatic rings. The molecule has 0 spiro atoms. The first-order valence-electron chi connectivity index (χ1n) is 6.26. The Balaban J connectivity index is 2.37. The second kappa shape index (κ2) is 5.82. The zero-order chi connectivity index (χ0) is 14.6. The SMILES string of the molecule is CCOC(=O)C(F)(F)c1cccc(-c2ccccc2)c1. The highest BCUT2D eigenvalue weighted by Crippen LogP contribution is 2.32. The van der Waals surface area contributed by atoms with E-state index in [0.717, 1.165) is 5.56 Å². The lowest BCUT2D eigenvalue weighted by Gasteiger charge is -2.15. The number of benzene rings is 2. The predicted octanol–water partition coefficient (Wildman–Crippen LogP) is 4.01. The standard InChI is InChI=1S/C16H14F2O2/c1-2-20-15(19)16(17,18)14-10-6-9-13(11-14)12-7-4-3-5-8-12/h3-11H,2H2,1H3. The summed E-state index contributed by atoms with van der Waals surface area (Å²) in [4.78, 5) is 11.3. The third kappa shape index (κ3) is 2.85. The third-order valence-electron chi connectivity index (χ3n) is 2.86. The molecule has 0 aliphatic rings. The van der Waals surface area contributed by atoms with Crippen molar-refractivity contribution in [3.8, 4) is 11.1 Å². The van der Waals surface area contributed by atoms with Crippen molar-refractivity contribution in [2.75, 3.05) is 6.61 Å². The monoisotopic (exact) mass is 276 g/mol. The van der Waals surface area contributed by atoms with Gasteiger partial charge < -0.3 is 4.74 Å². The van der Waals surface area contributed by atoms with Crippen molar-refractivity contribution in [3.05, 3.63) is 60.2 Å². The number of rotatable bonds is 4. The molecule has 0 atom stereocenters. The van der Waals surface area contributed by atoms with E-state index in [4.69, 9.17) is 0 Å². The molecule has 0 N–H and O–H groups in total. The van der Waals surface area contributed by atoms with Crippen molar-refractivity contribution >= 4 is 5.97 Å². The average molecular weight is 276 g/mol. The first kappa shape index (κ1) is 14.2. The molecule has 0 aliphatic carbocycles. The zero-order valence-electron chi connectivity index (χ0n) is 11.0. The molecule has 0 saturated heterocycles. The Labute approximate surface area is 116 Å². The summed E-state index contributed by atoms with van der Waals surface area (Å²) in [5.74, 6) is -5.16. The topological polar surface area (TPSA) is 26.3 Å². The molecule has 0 aliphatic heterocycles. The second-order valence-corrected chi connectivity index (χ2v) is 4.24. The van der Waals surface area contributed by atoms with Gasteiger partial charge in [-0.3, -0.25) is 0 Å². The normalized spacial score (nSPS) is 11.2. The highest BCUT2D eigenvalue weighted by atomic mass is 19.3. The maximum atomic E-state index is 14.0. The Morgan fingerprint density at radius 3 is 2.35 bits per heavy atom. The molecule has 0 unspecified atom stereocenters. The van der Waals surface area contributed by atoms with Crippen LogP contribution in [-0.2, 0) is 15.5 Å². The lowest BCUT2D eigenvalue weighted by Crippen LogP contribution is -2.28. The average Bonchev–Trinajstić information content (AvgIpc) is 2.48. The van der Waals surface area contributed by atoms with Gasteiger partial charge in [-0.25, -0.2) is 4.79 Å². The number of carbonyl (C=O) groups excluding carboxylic acids is 1. The van der Waals surface area contributed by atoms with Gasteiger partial charge in [-0.15, -0.1) is 0 Å². The summed E-state index contributed by atoms with van der Waals surface area (Å²) < 4.78 is 32.3. The molecule has 0 aromatic heterocycles. The maximum Gasteiger partial charge on any atom is 0.381 e. The number of hydrogen-bond acceptors (Lipinski definition) is 2. The van der Waals surface area contributed by atoms with Gasteiger partial charge in [-0.2, -0.15) is 8.78 Å². The van der Waals surface area contributed by atoms with Crippen LogP contribution in [0.2, 0.25) is 0 Å². The first-order valence-corrected chi connectivity index (χ1v) is 6.26. The van der Waals surface area contributed by atoms with Gasteiger partial charge >= 0.3 is 11.9 Å². The fraction of sp³-hybridized carbons (Fsp3) is 0.188. The van der Waals surface area contributed by atoms with Crippen LogP contribution in [0.5, 0.6) is 0 Å². The maximum absolute atomic E-state index is 14.0. The Bertz CT molecular complexity index is 594. The van der Waals surface area contributed by atoms with Crippen molar-refractivity contribution in [2.45, 2.75) is 12.8 Å². The van der Waals surface area contributed by atoms with Crippen LogP contribution < -0.4 is 0 Å². The molecule has 0 radical (unpaired) electrons. The van der Waals surface area contributed by atoms with Crippen molar-refractivity contribution < 1.29 is 18.3 Å². The quantitative estimate of drug-likeness (QED) is 0.789. The van der Waals surface area contributed by atoms with E-state index in [2.05, 4.69) is 4.74 Å². The molecule has 0 saturated carbocycles. The number of ether oxygens (including phenoxy) is 1. The van der Waals surface area contributed by atoms with Gasteiger partial charge in [0.1, 0.15) is 0 Å².